The molecule has 0 radical (unpaired) electrons. The fraction of sp³-hybridized carbons (Fsp3) is 0.0741. The first-order chi connectivity index (χ1) is 16.5. The zero-order chi connectivity index (χ0) is 23.7. The van der Waals surface area contributed by atoms with Crippen molar-refractivity contribution in [1.82, 2.24) is 4.98 Å². The highest BCUT2D eigenvalue weighted by atomic mass is 16.2. The zero-order valence-electron chi connectivity index (χ0n) is 18.8. The molecule has 0 spiro atoms. The highest BCUT2D eigenvalue weighted by molar-refractivity contribution is 6.08. The number of hydrogen-bond donors (Lipinski definition) is 2. The van der Waals surface area contributed by atoms with Gasteiger partial charge in [-0.05, 0) is 48.5 Å². The van der Waals surface area contributed by atoms with Crippen LogP contribution in [0.25, 0.3) is 21.8 Å². The Morgan fingerprint density at radius 3 is 1.85 bits per heavy atom. The molecule has 0 aliphatic rings. The van der Waals surface area contributed by atoms with Crippen LogP contribution in [0.3, 0.4) is 0 Å². The largest absolute Gasteiger partial charge is 0.322 e. The Morgan fingerprint density at radius 2 is 1.26 bits per heavy atom. The Hall–Kier alpha value is -4.65. The maximum atomic E-state index is 12.9. The Labute approximate surface area is 196 Å². The topological polar surface area (TPSA) is 78.8 Å². The molecular formula is C27H23N5O2+2. The number of nitrogens with zero attached hydrogens (tertiary/aromatic N) is 3. The second kappa shape index (κ2) is 8.71. The van der Waals surface area contributed by atoms with E-state index in [-0.39, 0.29) is 17.5 Å². The third-order valence-electron chi connectivity index (χ3n) is 5.76. The number of aromatic nitrogens is 3. The molecule has 7 nitrogen and oxygen atoms in total. The summed E-state index contributed by atoms with van der Waals surface area (Å²) in [7, 11) is 3.95. The predicted octanol–water partition coefficient (Wildman–Crippen LogP) is 3.54. The van der Waals surface area contributed by atoms with E-state index >= 15 is 0 Å². The maximum Gasteiger partial charge on any atom is 0.274 e. The van der Waals surface area contributed by atoms with Gasteiger partial charge in [0.1, 0.15) is 19.8 Å². The van der Waals surface area contributed by atoms with E-state index in [4.69, 9.17) is 0 Å². The normalized spacial score (nSPS) is 10.9. The molecule has 0 aliphatic heterocycles. The van der Waals surface area contributed by atoms with E-state index in [0.29, 0.717) is 16.9 Å². The van der Waals surface area contributed by atoms with Crippen LogP contribution in [0.5, 0.6) is 0 Å². The van der Waals surface area contributed by atoms with Crippen LogP contribution in [-0.2, 0) is 14.1 Å². The van der Waals surface area contributed by atoms with Crippen LogP contribution >= 0.6 is 0 Å². The van der Waals surface area contributed by atoms with Gasteiger partial charge in [0.15, 0.2) is 12.4 Å². The highest BCUT2D eigenvalue weighted by Crippen LogP contribution is 2.19. The van der Waals surface area contributed by atoms with Crippen LogP contribution in [0.15, 0.2) is 91.4 Å². The van der Waals surface area contributed by atoms with Gasteiger partial charge in [0.05, 0.1) is 0 Å². The van der Waals surface area contributed by atoms with Gasteiger partial charge >= 0.3 is 0 Å². The lowest BCUT2D eigenvalue weighted by Crippen LogP contribution is -2.27. The number of anilines is 2. The van der Waals surface area contributed by atoms with E-state index in [1.54, 1.807) is 6.07 Å². The molecule has 0 bridgehead atoms. The fourth-order valence-electron chi connectivity index (χ4n) is 3.98. The average Bonchev–Trinajstić information content (AvgIpc) is 2.84. The zero-order valence-corrected chi connectivity index (χ0v) is 18.8. The molecule has 7 heteroatoms. The summed E-state index contributed by atoms with van der Waals surface area (Å²) < 4.78 is 4.03. The summed E-state index contributed by atoms with van der Waals surface area (Å²) in [6.45, 7) is 0. The van der Waals surface area contributed by atoms with Gasteiger partial charge in [0.2, 0.25) is 11.0 Å². The van der Waals surface area contributed by atoms with Gasteiger partial charge in [-0.3, -0.25) is 14.6 Å². The fourth-order valence-corrected chi connectivity index (χ4v) is 3.98. The van der Waals surface area contributed by atoms with Crippen molar-refractivity contribution < 1.29 is 18.7 Å². The van der Waals surface area contributed by atoms with Crippen molar-refractivity contribution in [3.8, 4) is 0 Å². The number of nitrogens with one attached hydrogen (secondary N) is 2. The highest BCUT2D eigenvalue weighted by Gasteiger charge is 2.14. The molecular weight excluding hydrogens is 426 g/mol. The van der Waals surface area contributed by atoms with Gasteiger partial charge < -0.3 is 10.6 Å². The van der Waals surface area contributed by atoms with E-state index in [9.17, 15) is 9.59 Å². The summed E-state index contributed by atoms with van der Waals surface area (Å²) in [4.78, 5) is 29.8. The molecule has 2 aromatic carbocycles. The molecule has 0 atom stereocenters. The number of carbonyl (C=O) groups is 2. The summed E-state index contributed by atoms with van der Waals surface area (Å²) in [5.41, 5.74) is 3.97. The first-order valence-corrected chi connectivity index (χ1v) is 10.8. The maximum absolute atomic E-state index is 12.9. The molecule has 3 heterocycles. The van der Waals surface area contributed by atoms with Crippen molar-refractivity contribution in [1.29, 1.82) is 0 Å². The van der Waals surface area contributed by atoms with Gasteiger partial charge in [-0.2, -0.15) is 0 Å². The van der Waals surface area contributed by atoms with Gasteiger partial charge in [-0.25, -0.2) is 9.13 Å². The molecule has 0 unspecified atom stereocenters. The van der Waals surface area contributed by atoms with Crippen LogP contribution in [0.2, 0.25) is 0 Å². The minimum Gasteiger partial charge on any atom is -0.322 e. The summed E-state index contributed by atoms with van der Waals surface area (Å²) in [5.74, 6) is -0.693. The number of hydrogen-bond acceptors (Lipinski definition) is 3. The van der Waals surface area contributed by atoms with Crippen molar-refractivity contribution in [2.24, 2.45) is 14.1 Å². The van der Waals surface area contributed by atoms with E-state index in [1.807, 2.05) is 96.3 Å². The average molecular weight is 450 g/mol. The van der Waals surface area contributed by atoms with Crippen molar-refractivity contribution in [3.05, 3.63) is 103 Å². The van der Waals surface area contributed by atoms with Gasteiger partial charge in [0, 0.05) is 58.2 Å². The number of carbonyl (C=O) groups excluding carboxylic acids is 2. The van der Waals surface area contributed by atoms with E-state index < -0.39 is 0 Å². The first-order valence-electron chi connectivity index (χ1n) is 10.8. The number of amides is 2. The third kappa shape index (κ3) is 4.19. The molecule has 0 saturated carbocycles. The quantitative estimate of drug-likeness (QED) is 0.412. The molecule has 5 aromatic rings. The van der Waals surface area contributed by atoms with Crippen LogP contribution in [0, 0.1) is 0 Å². The molecule has 3 aromatic heterocycles. The minimum absolute atomic E-state index is 0.164. The molecule has 2 amide bonds. The van der Waals surface area contributed by atoms with Crippen LogP contribution < -0.4 is 19.8 Å². The summed E-state index contributed by atoms with van der Waals surface area (Å²) in [6.07, 6.45) is 5.41. The van der Waals surface area contributed by atoms with E-state index in [2.05, 4.69) is 15.6 Å². The molecule has 2 N–H and O–H groups in total. The lowest BCUT2D eigenvalue weighted by atomic mass is 10.1. The SMILES string of the molecule is C[n+]1cccc2cc(NC(=O)c3ccnc(C(=O)Nc4ccc5c(ccc[n+]5C)c4)c3)ccc21. The summed E-state index contributed by atoms with van der Waals surface area (Å²) in [5, 5.41) is 7.79. The Morgan fingerprint density at radius 1 is 0.706 bits per heavy atom. The van der Waals surface area contributed by atoms with Crippen molar-refractivity contribution in [3.63, 3.8) is 0 Å². The Kier molecular flexibility index (Phi) is 5.43. The lowest BCUT2D eigenvalue weighted by molar-refractivity contribution is -0.645. The minimum atomic E-state index is -0.382. The van der Waals surface area contributed by atoms with Crippen LogP contribution in [0.4, 0.5) is 11.4 Å². The number of benzene rings is 2. The smallest absolute Gasteiger partial charge is 0.274 e. The number of fused-ring (bicyclic) bond motifs is 2. The van der Waals surface area contributed by atoms with Crippen molar-refractivity contribution in [2.45, 2.75) is 0 Å². The standard InChI is InChI=1S/C27H21N5O2/c1-31-13-3-5-18-15-21(7-9-24(18)31)29-26(33)20-11-12-28-23(17-20)27(34)30-22-8-10-25-19(16-22)6-4-14-32(25)2/h3-17H,1-2H3/p+2. The van der Waals surface area contributed by atoms with Crippen molar-refractivity contribution in [2.75, 3.05) is 10.6 Å². The monoisotopic (exact) mass is 449 g/mol. The molecule has 0 fully saturated rings. The molecule has 166 valence electrons. The summed E-state index contributed by atoms with van der Waals surface area (Å²) >= 11 is 0. The number of rotatable bonds is 4. The second-order valence-corrected chi connectivity index (χ2v) is 8.12. The Balaban J connectivity index is 1.33. The summed E-state index contributed by atoms with van der Waals surface area (Å²) in [6, 6.07) is 22.4. The number of pyridine rings is 3. The predicted molar refractivity (Wildman–Crippen MR) is 130 cm³/mol. The molecule has 0 aliphatic carbocycles. The van der Waals surface area contributed by atoms with Gasteiger partial charge in [0.25, 0.3) is 11.8 Å². The van der Waals surface area contributed by atoms with Gasteiger partial charge in [-0.1, -0.05) is 0 Å². The van der Waals surface area contributed by atoms with Gasteiger partial charge in [-0.15, -0.1) is 0 Å². The first kappa shape index (κ1) is 21.2. The third-order valence-corrected chi connectivity index (χ3v) is 5.76. The van der Waals surface area contributed by atoms with Crippen LogP contribution in [0.1, 0.15) is 20.8 Å². The van der Waals surface area contributed by atoms with E-state index in [0.717, 1.165) is 21.8 Å². The molecule has 0 saturated heterocycles. The van der Waals surface area contributed by atoms with Crippen molar-refractivity contribution >= 4 is 45.0 Å². The Bertz CT molecular complexity index is 1460. The van der Waals surface area contributed by atoms with E-state index in [1.165, 1.54) is 12.3 Å². The lowest BCUT2D eigenvalue weighted by Gasteiger charge is -2.08. The molecule has 34 heavy (non-hydrogen) atoms. The van der Waals surface area contributed by atoms with Crippen LogP contribution in [-0.4, -0.2) is 16.8 Å². The number of aryl methyl sites for hydroxylation is 2. The second-order valence-electron chi connectivity index (χ2n) is 8.12. The molecule has 5 rings (SSSR count).